The molecule has 106 valence electrons. The Bertz CT molecular complexity index is 378. The second kappa shape index (κ2) is 6.51. The molecule has 1 aliphatic heterocycles. The second-order valence-electron chi connectivity index (χ2n) is 6.03. The molecule has 3 nitrogen and oxygen atoms in total. The largest absolute Gasteiger partial charge is 0.395 e. The first kappa shape index (κ1) is 14.5. The second-order valence-corrected chi connectivity index (χ2v) is 6.03. The van der Waals surface area contributed by atoms with Crippen molar-refractivity contribution in [2.75, 3.05) is 13.2 Å². The van der Waals surface area contributed by atoms with E-state index < -0.39 is 0 Å². The van der Waals surface area contributed by atoms with Gasteiger partial charge in [-0.25, -0.2) is 0 Å². The van der Waals surface area contributed by atoms with Crippen LogP contribution in [0.5, 0.6) is 0 Å². The van der Waals surface area contributed by atoms with Gasteiger partial charge in [-0.3, -0.25) is 0 Å². The standard InChI is InChI=1S/C16H25NO2/c1-16(2)11-14(8-9-19-16)17-15(12-18)10-13-6-4-3-5-7-13/h3-7,14-15,17-18H,8-12H2,1-2H3. The summed E-state index contributed by atoms with van der Waals surface area (Å²) in [4.78, 5) is 0. The van der Waals surface area contributed by atoms with Crippen molar-refractivity contribution in [2.45, 2.75) is 50.8 Å². The smallest absolute Gasteiger partial charge is 0.0641 e. The SMILES string of the molecule is CC1(C)CC(NC(CO)Cc2ccccc2)CCO1. The molecule has 3 heteroatoms. The molecule has 1 aromatic rings. The summed E-state index contributed by atoms with van der Waals surface area (Å²) < 4.78 is 5.73. The zero-order chi connectivity index (χ0) is 13.7. The Balaban J connectivity index is 1.88. The summed E-state index contributed by atoms with van der Waals surface area (Å²) in [5, 5.41) is 13.1. The minimum Gasteiger partial charge on any atom is -0.395 e. The van der Waals surface area contributed by atoms with Gasteiger partial charge in [-0.1, -0.05) is 30.3 Å². The Morgan fingerprint density at radius 1 is 1.37 bits per heavy atom. The third-order valence-corrected chi connectivity index (χ3v) is 3.71. The van der Waals surface area contributed by atoms with E-state index in [0.717, 1.165) is 25.9 Å². The van der Waals surface area contributed by atoms with Gasteiger partial charge in [0.25, 0.3) is 0 Å². The van der Waals surface area contributed by atoms with Crippen molar-refractivity contribution in [2.24, 2.45) is 0 Å². The van der Waals surface area contributed by atoms with Crippen LogP contribution in [0.2, 0.25) is 0 Å². The molecule has 19 heavy (non-hydrogen) atoms. The Morgan fingerprint density at radius 3 is 2.74 bits per heavy atom. The normalized spacial score (nSPS) is 24.1. The molecule has 0 bridgehead atoms. The van der Waals surface area contributed by atoms with Crippen LogP contribution in [0.3, 0.4) is 0 Å². The summed E-state index contributed by atoms with van der Waals surface area (Å²) in [5.41, 5.74) is 1.21. The van der Waals surface area contributed by atoms with E-state index in [-0.39, 0.29) is 18.2 Å². The summed E-state index contributed by atoms with van der Waals surface area (Å²) in [7, 11) is 0. The Labute approximate surface area is 116 Å². The first-order chi connectivity index (χ1) is 9.09. The molecule has 0 spiro atoms. The summed E-state index contributed by atoms with van der Waals surface area (Å²) in [6.07, 6.45) is 2.89. The molecular formula is C16H25NO2. The van der Waals surface area contributed by atoms with Gasteiger partial charge in [0.15, 0.2) is 0 Å². The highest BCUT2D eigenvalue weighted by Crippen LogP contribution is 2.24. The van der Waals surface area contributed by atoms with Crippen molar-refractivity contribution in [1.82, 2.24) is 5.32 Å². The molecule has 1 heterocycles. The van der Waals surface area contributed by atoms with Crippen LogP contribution < -0.4 is 5.32 Å². The lowest BCUT2D eigenvalue weighted by Gasteiger charge is -2.37. The maximum Gasteiger partial charge on any atom is 0.0641 e. The van der Waals surface area contributed by atoms with Crippen LogP contribution in [0, 0.1) is 0 Å². The fraction of sp³-hybridized carbons (Fsp3) is 0.625. The van der Waals surface area contributed by atoms with E-state index in [0.29, 0.717) is 6.04 Å². The highest BCUT2D eigenvalue weighted by molar-refractivity contribution is 5.16. The van der Waals surface area contributed by atoms with Gasteiger partial charge >= 0.3 is 0 Å². The Kier molecular flexibility index (Phi) is 4.97. The molecule has 0 saturated carbocycles. The van der Waals surface area contributed by atoms with Crippen molar-refractivity contribution in [1.29, 1.82) is 0 Å². The summed E-state index contributed by atoms with van der Waals surface area (Å²) in [6, 6.07) is 10.9. The third-order valence-electron chi connectivity index (χ3n) is 3.71. The van der Waals surface area contributed by atoms with Crippen molar-refractivity contribution >= 4 is 0 Å². The summed E-state index contributed by atoms with van der Waals surface area (Å²) >= 11 is 0. The third kappa shape index (κ3) is 4.60. The molecule has 1 aromatic carbocycles. The van der Waals surface area contributed by atoms with E-state index in [1.807, 2.05) is 18.2 Å². The van der Waals surface area contributed by atoms with Gasteiger partial charge in [0.05, 0.1) is 12.2 Å². The van der Waals surface area contributed by atoms with Crippen LogP contribution >= 0.6 is 0 Å². The zero-order valence-electron chi connectivity index (χ0n) is 11.9. The number of aliphatic hydroxyl groups is 1. The van der Waals surface area contributed by atoms with E-state index in [4.69, 9.17) is 4.74 Å². The van der Waals surface area contributed by atoms with Crippen LogP contribution in [-0.2, 0) is 11.2 Å². The fourth-order valence-electron chi connectivity index (χ4n) is 2.78. The van der Waals surface area contributed by atoms with Gasteiger partial charge in [0.1, 0.15) is 0 Å². The van der Waals surface area contributed by atoms with Gasteiger partial charge < -0.3 is 15.2 Å². The van der Waals surface area contributed by atoms with E-state index >= 15 is 0 Å². The van der Waals surface area contributed by atoms with Crippen molar-refractivity contribution in [3.8, 4) is 0 Å². The maximum absolute atomic E-state index is 9.55. The average Bonchev–Trinajstić information content (AvgIpc) is 2.38. The number of rotatable bonds is 5. The lowest BCUT2D eigenvalue weighted by Crippen LogP contribution is -2.49. The molecular weight excluding hydrogens is 238 g/mol. The van der Waals surface area contributed by atoms with Crippen LogP contribution in [-0.4, -0.2) is 36.0 Å². The van der Waals surface area contributed by atoms with Gasteiger partial charge in [0, 0.05) is 18.7 Å². The van der Waals surface area contributed by atoms with E-state index in [1.54, 1.807) is 0 Å². The molecule has 0 radical (unpaired) electrons. The maximum atomic E-state index is 9.55. The number of benzene rings is 1. The molecule has 2 N–H and O–H groups in total. The minimum absolute atomic E-state index is 0.0529. The first-order valence-electron chi connectivity index (χ1n) is 7.14. The molecule has 2 rings (SSSR count). The van der Waals surface area contributed by atoms with Gasteiger partial charge in [-0.15, -0.1) is 0 Å². The quantitative estimate of drug-likeness (QED) is 0.855. The van der Waals surface area contributed by atoms with E-state index in [1.165, 1.54) is 5.56 Å². The number of ether oxygens (including phenoxy) is 1. The monoisotopic (exact) mass is 263 g/mol. The van der Waals surface area contributed by atoms with Gasteiger partial charge in [-0.05, 0) is 38.7 Å². The molecule has 1 aliphatic rings. The minimum atomic E-state index is -0.0529. The number of aliphatic hydroxyl groups excluding tert-OH is 1. The number of nitrogens with one attached hydrogen (secondary N) is 1. The predicted octanol–water partition coefficient (Wildman–Crippen LogP) is 2.14. The van der Waals surface area contributed by atoms with Crippen LogP contribution in [0.15, 0.2) is 30.3 Å². The van der Waals surface area contributed by atoms with Gasteiger partial charge in [-0.2, -0.15) is 0 Å². The van der Waals surface area contributed by atoms with Crippen molar-refractivity contribution < 1.29 is 9.84 Å². The van der Waals surface area contributed by atoms with Crippen molar-refractivity contribution in [3.05, 3.63) is 35.9 Å². The Morgan fingerprint density at radius 2 is 2.11 bits per heavy atom. The van der Waals surface area contributed by atoms with Gasteiger partial charge in [0.2, 0.25) is 0 Å². The Hall–Kier alpha value is -0.900. The summed E-state index contributed by atoms with van der Waals surface area (Å²) in [6.45, 7) is 5.23. The fourth-order valence-corrected chi connectivity index (χ4v) is 2.78. The predicted molar refractivity (Wildman–Crippen MR) is 77.2 cm³/mol. The lowest BCUT2D eigenvalue weighted by molar-refractivity contribution is -0.0648. The van der Waals surface area contributed by atoms with E-state index in [9.17, 15) is 5.11 Å². The molecule has 0 aliphatic carbocycles. The highest BCUT2D eigenvalue weighted by Gasteiger charge is 2.29. The van der Waals surface area contributed by atoms with E-state index in [2.05, 4.69) is 31.3 Å². The molecule has 2 unspecified atom stereocenters. The number of hydrogen-bond acceptors (Lipinski definition) is 3. The lowest BCUT2D eigenvalue weighted by atomic mass is 9.93. The first-order valence-corrected chi connectivity index (χ1v) is 7.14. The molecule has 0 amide bonds. The molecule has 1 saturated heterocycles. The average molecular weight is 263 g/mol. The summed E-state index contributed by atoms with van der Waals surface area (Å²) in [5.74, 6) is 0. The topological polar surface area (TPSA) is 41.5 Å². The molecule has 2 atom stereocenters. The van der Waals surface area contributed by atoms with Crippen LogP contribution in [0.25, 0.3) is 0 Å². The molecule has 1 fully saturated rings. The van der Waals surface area contributed by atoms with Crippen molar-refractivity contribution in [3.63, 3.8) is 0 Å². The number of hydrogen-bond donors (Lipinski definition) is 2. The zero-order valence-corrected chi connectivity index (χ0v) is 11.9. The molecule has 0 aromatic heterocycles. The van der Waals surface area contributed by atoms with Crippen LogP contribution in [0.4, 0.5) is 0 Å². The van der Waals surface area contributed by atoms with Crippen LogP contribution in [0.1, 0.15) is 32.3 Å². The highest BCUT2D eigenvalue weighted by atomic mass is 16.5.